The van der Waals surface area contributed by atoms with E-state index in [1.165, 1.54) is 0 Å². The van der Waals surface area contributed by atoms with Crippen molar-refractivity contribution in [2.75, 3.05) is 31.1 Å². The van der Waals surface area contributed by atoms with Gasteiger partial charge in [-0.1, -0.05) is 6.92 Å². The number of amides is 1. The van der Waals surface area contributed by atoms with E-state index in [2.05, 4.69) is 5.43 Å². The Morgan fingerprint density at radius 3 is 2.75 bits per heavy atom. The number of hydrogen-bond acceptors (Lipinski definition) is 5. The Morgan fingerprint density at radius 1 is 1.44 bits per heavy atom. The second kappa shape index (κ2) is 5.60. The summed E-state index contributed by atoms with van der Waals surface area (Å²) in [5, 5.41) is 0. The zero-order valence-corrected chi connectivity index (χ0v) is 10.3. The molecule has 3 N–H and O–H groups in total. The molecule has 1 fully saturated rings. The van der Waals surface area contributed by atoms with Gasteiger partial charge in [0.05, 0.1) is 11.5 Å². The van der Waals surface area contributed by atoms with Crippen molar-refractivity contribution < 1.29 is 13.2 Å². The smallest absolute Gasteiger partial charge is 0.237 e. The number of hydrazine groups is 1. The summed E-state index contributed by atoms with van der Waals surface area (Å²) in [6, 6.07) is 0. The highest BCUT2D eigenvalue weighted by Gasteiger charge is 2.22. The molecular formula is C9H19N3O3S. The highest BCUT2D eigenvalue weighted by Crippen LogP contribution is 2.07. The van der Waals surface area contributed by atoms with E-state index in [9.17, 15) is 13.2 Å². The zero-order valence-electron chi connectivity index (χ0n) is 9.48. The molecule has 1 heterocycles. The third-order valence-electron chi connectivity index (χ3n) is 2.77. The Hall–Kier alpha value is -0.660. The van der Waals surface area contributed by atoms with Crippen molar-refractivity contribution in [2.24, 2.45) is 11.8 Å². The fraction of sp³-hybridized carbons (Fsp3) is 0.889. The number of nitrogens with two attached hydrogens (primary N) is 1. The Labute approximate surface area is 96.1 Å². The number of nitrogens with zero attached hydrogens (tertiary/aromatic N) is 1. The Kier molecular flexibility index (Phi) is 4.69. The largest absolute Gasteiger partial charge is 0.302 e. The van der Waals surface area contributed by atoms with Crippen molar-refractivity contribution in [3.63, 3.8) is 0 Å². The monoisotopic (exact) mass is 249 g/mol. The molecule has 1 unspecified atom stereocenters. The van der Waals surface area contributed by atoms with Crippen LogP contribution in [0.3, 0.4) is 0 Å². The predicted molar refractivity (Wildman–Crippen MR) is 61.2 cm³/mol. The first-order valence-electron chi connectivity index (χ1n) is 5.38. The van der Waals surface area contributed by atoms with Crippen LogP contribution in [0.5, 0.6) is 0 Å². The lowest BCUT2D eigenvalue weighted by Gasteiger charge is -2.22. The lowest BCUT2D eigenvalue weighted by molar-refractivity contribution is -0.125. The second-order valence-corrected chi connectivity index (χ2v) is 6.52. The maximum Gasteiger partial charge on any atom is 0.237 e. The van der Waals surface area contributed by atoms with Crippen molar-refractivity contribution in [3.05, 3.63) is 0 Å². The van der Waals surface area contributed by atoms with Gasteiger partial charge < -0.3 is 4.90 Å². The fourth-order valence-electron chi connectivity index (χ4n) is 1.79. The van der Waals surface area contributed by atoms with Crippen LogP contribution >= 0.6 is 0 Å². The lowest BCUT2D eigenvalue weighted by Crippen LogP contribution is -2.41. The molecular weight excluding hydrogens is 230 g/mol. The van der Waals surface area contributed by atoms with E-state index in [4.69, 9.17) is 5.84 Å². The number of rotatable bonds is 3. The molecule has 0 spiro atoms. The molecule has 0 aromatic carbocycles. The summed E-state index contributed by atoms with van der Waals surface area (Å²) < 4.78 is 22.7. The topological polar surface area (TPSA) is 92.5 Å². The minimum atomic E-state index is -2.88. The van der Waals surface area contributed by atoms with Gasteiger partial charge in [-0.15, -0.1) is 0 Å². The van der Waals surface area contributed by atoms with Crippen molar-refractivity contribution >= 4 is 15.7 Å². The summed E-state index contributed by atoms with van der Waals surface area (Å²) in [6.07, 6.45) is 0.638. The molecule has 1 saturated heterocycles. The highest BCUT2D eigenvalue weighted by molar-refractivity contribution is 7.91. The molecule has 1 atom stereocenters. The van der Waals surface area contributed by atoms with E-state index >= 15 is 0 Å². The number of carbonyl (C=O) groups is 1. The number of hydrogen-bond donors (Lipinski definition) is 2. The lowest BCUT2D eigenvalue weighted by atomic mass is 10.1. The fourth-order valence-corrected chi connectivity index (χ4v) is 3.09. The molecule has 16 heavy (non-hydrogen) atoms. The maximum atomic E-state index is 11.4. The van der Waals surface area contributed by atoms with Gasteiger partial charge in [-0.25, -0.2) is 14.3 Å². The maximum absolute atomic E-state index is 11.4. The first-order valence-corrected chi connectivity index (χ1v) is 7.20. The van der Waals surface area contributed by atoms with Gasteiger partial charge in [0.25, 0.3) is 0 Å². The Bertz CT molecular complexity index is 342. The second-order valence-electron chi connectivity index (χ2n) is 4.22. The van der Waals surface area contributed by atoms with Gasteiger partial charge in [-0.05, 0) is 13.0 Å². The molecule has 0 aliphatic carbocycles. The summed E-state index contributed by atoms with van der Waals surface area (Å²) >= 11 is 0. The SMILES string of the molecule is CC(CN1CCCS(=O)(=O)CC1)C(=O)NN. The predicted octanol–water partition coefficient (Wildman–Crippen LogP) is -1.27. The third-order valence-corrected chi connectivity index (χ3v) is 4.49. The molecule has 0 aromatic heterocycles. The zero-order chi connectivity index (χ0) is 12.2. The summed E-state index contributed by atoms with van der Waals surface area (Å²) in [4.78, 5) is 13.2. The molecule has 7 heteroatoms. The van der Waals surface area contributed by atoms with Crippen molar-refractivity contribution in [2.45, 2.75) is 13.3 Å². The molecule has 1 aliphatic rings. The van der Waals surface area contributed by atoms with Crippen molar-refractivity contribution in [1.29, 1.82) is 0 Å². The van der Waals surface area contributed by atoms with E-state index in [1.807, 2.05) is 4.90 Å². The van der Waals surface area contributed by atoms with E-state index in [-0.39, 0.29) is 23.3 Å². The van der Waals surface area contributed by atoms with Gasteiger partial charge in [-0.3, -0.25) is 10.2 Å². The number of nitrogens with one attached hydrogen (secondary N) is 1. The Balaban J connectivity index is 2.47. The van der Waals surface area contributed by atoms with E-state index in [0.717, 1.165) is 6.54 Å². The van der Waals surface area contributed by atoms with Crippen LogP contribution in [-0.4, -0.2) is 50.4 Å². The molecule has 0 bridgehead atoms. The minimum Gasteiger partial charge on any atom is -0.302 e. The van der Waals surface area contributed by atoms with Crippen LogP contribution in [0.2, 0.25) is 0 Å². The van der Waals surface area contributed by atoms with E-state index < -0.39 is 9.84 Å². The van der Waals surface area contributed by atoms with Crippen LogP contribution in [0.1, 0.15) is 13.3 Å². The number of carbonyl (C=O) groups excluding carboxylic acids is 1. The first-order chi connectivity index (χ1) is 7.44. The molecule has 0 radical (unpaired) electrons. The molecule has 1 aliphatic heterocycles. The normalized spacial score (nSPS) is 23.4. The summed E-state index contributed by atoms with van der Waals surface area (Å²) in [7, 11) is -2.88. The summed E-state index contributed by atoms with van der Waals surface area (Å²) in [6.45, 7) is 3.56. The van der Waals surface area contributed by atoms with Crippen LogP contribution in [0.25, 0.3) is 0 Å². The molecule has 0 saturated carbocycles. The molecule has 1 amide bonds. The average Bonchev–Trinajstić information content (AvgIpc) is 2.39. The van der Waals surface area contributed by atoms with Crippen LogP contribution in [0.15, 0.2) is 0 Å². The van der Waals surface area contributed by atoms with Crippen LogP contribution in [0, 0.1) is 5.92 Å². The Morgan fingerprint density at radius 2 is 2.12 bits per heavy atom. The van der Waals surface area contributed by atoms with Gasteiger partial charge >= 0.3 is 0 Å². The van der Waals surface area contributed by atoms with Crippen molar-refractivity contribution in [1.82, 2.24) is 10.3 Å². The molecule has 1 rings (SSSR count). The standard InChI is InChI=1S/C9H19N3O3S/c1-8(9(13)11-10)7-12-3-2-5-16(14,15)6-4-12/h8H,2-7,10H2,1H3,(H,11,13). The summed E-state index contributed by atoms with van der Waals surface area (Å²) in [5.41, 5.74) is 2.10. The van der Waals surface area contributed by atoms with Gasteiger partial charge in [0, 0.05) is 19.0 Å². The first kappa shape index (κ1) is 13.4. The molecule has 0 aromatic rings. The van der Waals surface area contributed by atoms with Crippen LogP contribution < -0.4 is 11.3 Å². The van der Waals surface area contributed by atoms with E-state index in [1.54, 1.807) is 6.92 Å². The quantitative estimate of drug-likeness (QED) is 0.370. The van der Waals surface area contributed by atoms with Gasteiger partial charge in [0.15, 0.2) is 9.84 Å². The van der Waals surface area contributed by atoms with Crippen LogP contribution in [0.4, 0.5) is 0 Å². The van der Waals surface area contributed by atoms with Crippen LogP contribution in [-0.2, 0) is 14.6 Å². The van der Waals surface area contributed by atoms with Gasteiger partial charge in [-0.2, -0.15) is 0 Å². The van der Waals surface area contributed by atoms with Gasteiger partial charge in [0.1, 0.15) is 0 Å². The summed E-state index contributed by atoms with van der Waals surface area (Å²) in [5.74, 6) is 5.04. The van der Waals surface area contributed by atoms with E-state index in [0.29, 0.717) is 19.5 Å². The van der Waals surface area contributed by atoms with Crippen molar-refractivity contribution in [3.8, 4) is 0 Å². The average molecular weight is 249 g/mol. The molecule has 6 nitrogen and oxygen atoms in total. The molecule has 94 valence electrons. The minimum absolute atomic E-state index is 0.184. The highest BCUT2D eigenvalue weighted by atomic mass is 32.2. The van der Waals surface area contributed by atoms with Gasteiger partial charge in [0.2, 0.25) is 5.91 Å². The number of sulfone groups is 1. The third kappa shape index (κ3) is 4.07.